The zero-order valence-corrected chi connectivity index (χ0v) is 11.5. The van der Waals surface area contributed by atoms with Crippen molar-refractivity contribution in [2.24, 2.45) is 11.7 Å². The molecule has 20 heavy (non-hydrogen) atoms. The zero-order valence-electron chi connectivity index (χ0n) is 11.5. The Morgan fingerprint density at radius 2 is 2.05 bits per heavy atom. The number of carboxylic acid groups (broad SMARTS) is 1. The van der Waals surface area contributed by atoms with Crippen LogP contribution in [0, 0.1) is 5.92 Å². The number of likely N-dealkylation sites (tertiary alicyclic amines) is 1. The number of carbonyl (C=O) groups excluding carboxylic acids is 3. The number of piperidine rings is 1. The summed E-state index contributed by atoms with van der Waals surface area (Å²) in [7, 11) is 0. The Labute approximate surface area is 116 Å². The van der Waals surface area contributed by atoms with Crippen LogP contribution >= 0.6 is 0 Å². The average molecular weight is 285 g/mol. The maximum Gasteiger partial charge on any atom is 0.323 e. The van der Waals surface area contributed by atoms with Crippen molar-refractivity contribution in [1.29, 1.82) is 0 Å². The van der Waals surface area contributed by atoms with Gasteiger partial charge in [-0.3, -0.25) is 24.1 Å². The largest absolute Gasteiger partial charge is 0.480 e. The maximum absolute atomic E-state index is 12.0. The van der Waals surface area contributed by atoms with Gasteiger partial charge in [-0.15, -0.1) is 0 Å². The summed E-state index contributed by atoms with van der Waals surface area (Å²) < 4.78 is 0. The Morgan fingerprint density at radius 3 is 2.55 bits per heavy atom. The standard InChI is InChI=1S/C12H19N3O5/c1-6(2)10(13)11(19)14-7-3-4-8(16)15(12(7)20)5-9(17)18/h6-7,10H,3-5,13H2,1-2H3,(H,14,19)(H,17,18)/t7-,10?/m0/s1. The molecule has 1 aliphatic heterocycles. The molecule has 0 aromatic heterocycles. The van der Waals surface area contributed by atoms with Gasteiger partial charge >= 0.3 is 5.97 Å². The van der Waals surface area contributed by atoms with Crippen molar-refractivity contribution in [1.82, 2.24) is 10.2 Å². The Morgan fingerprint density at radius 1 is 1.45 bits per heavy atom. The highest BCUT2D eigenvalue weighted by Crippen LogP contribution is 2.13. The lowest BCUT2D eigenvalue weighted by Gasteiger charge is -2.30. The number of carbonyl (C=O) groups is 4. The molecule has 8 nitrogen and oxygen atoms in total. The molecule has 0 bridgehead atoms. The Bertz CT molecular complexity index is 435. The van der Waals surface area contributed by atoms with Gasteiger partial charge in [-0.25, -0.2) is 0 Å². The van der Waals surface area contributed by atoms with E-state index in [4.69, 9.17) is 10.8 Å². The molecule has 0 saturated carbocycles. The Hall–Kier alpha value is -1.96. The molecule has 1 fully saturated rings. The third-order valence-electron chi connectivity index (χ3n) is 3.14. The summed E-state index contributed by atoms with van der Waals surface area (Å²) in [6.07, 6.45) is 0.172. The van der Waals surface area contributed by atoms with Crippen molar-refractivity contribution >= 4 is 23.7 Å². The molecule has 0 spiro atoms. The molecule has 1 rings (SSSR count). The van der Waals surface area contributed by atoms with Gasteiger partial charge in [-0.05, 0) is 12.3 Å². The number of nitrogens with two attached hydrogens (primary N) is 1. The Kier molecular flexibility index (Phi) is 5.20. The van der Waals surface area contributed by atoms with Gasteiger partial charge in [0.1, 0.15) is 12.6 Å². The van der Waals surface area contributed by atoms with Crippen LogP contribution in [0.4, 0.5) is 0 Å². The molecule has 1 unspecified atom stereocenters. The lowest BCUT2D eigenvalue weighted by Crippen LogP contribution is -2.58. The second kappa shape index (κ2) is 6.47. The molecule has 0 aromatic carbocycles. The summed E-state index contributed by atoms with van der Waals surface area (Å²) in [5.41, 5.74) is 5.67. The van der Waals surface area contributed by atoms with Gasteiger partial charge in [0, 0.05) is 6.42 Å². The number of carboxylic acids is 1. The lowest BCUT2D eigenvalue weighted by atomic mass is 10.0. The van der Waals surface area contributed by atoms with E-state index in [1.54, 1.807) is 13.8 Å². The van der Waals surface area contributed by atoms with Crippen LogP contribution in [0.2, 0.25) is 0 Å². The van der Waals surface area contributed by atoms with Crippen molar-refractivity contribution in [2.75, 3.05) is 6.54 Å². The number of amides is 3. The van der Waals surface area contributed by atoms with E-state index in [9.17, 15) is 19.2 Å². The van der Waals surface area contributed by atoms with Crippen LogP contribution in [0.15, 0.2) is 0 Å². The van der Waals surface area contributed by atoms with Gasteiger partial charge < -0.3 is 16.2 Å². The first-order valence-electron chi connectivity index (χ1n) is 6.36. The van der Waals surface area contributed by atoms with Crippen LogP contribution in [-0.2, 0) is 19.2 Å². The molecule has 2 atom stereocenters. The first kappa shape index (κ1) is 16.1. The predicted molar refractivity (Wildman–Crippen MR) is 68.3 cm³/mol. The fraction of sp³-hybridized carbons (Fsp3) is 0.667. The molecule has 4 N–H and O–H groups in total. The highest BCUT2D eigenvalue weighted by atomic mass is 16.4. The van der Waals surface area contributed by atoms with Crippen LogP contribution in [0.5, 0.6) is 0 Å². The summed E-state index contributed by atoms with van der Waals surface area (Å²) >= 11 is 0. The summed E-state index contributed by atoms with van der Waals surface area (Å²) in [6.45, 7) is 2.85. The van der Waals surface area contributed by atoms with Gasteiger partial charge in [-0.1, -0.05) is 13.8 Å². The molecular weight excluding hydrogens is 266 g/mol. The van der Waals surface area contributed by atoms with E-state index >= 15 is 0 Å². The molecule has 112 valence electrons. The molecule has 1 saturated heterocycles. The zero-order chi connectivity index (χ0) is 15.4. The average Bonchev–Trinajstić information content (AvgIpc) is 2.36. The molecule has 3 amide bonds. The van der Waals surface area contributed by atoms with E-state index in [1.807, 2.05) is 0 Å². The molecule has 8 heteroatoms. The predicted octanol–water partition coefficient (Wildman–Crippen LogP) is -1.31. The van der Waals surface area contributed by atoms with Crippen LogP contribution in [0.25, 0.3) is 0 Å². The Balaban J connectivity index is 2.72. The van der Waals surface area contributed by atoms with Gasteiger partial charge in [0.25, 0.3) is 5.91 Å². The topological polar surface area (TPSA) is 130 Å². The summed E-state index contributed by atoms with van der Waals surface area (Å²) in [6, 6.07) is -1.65. The second-order valence-electron chi connectivity index (χ2n) is 5.08. The van der Waals surface area contributed by atoms with Gasteiger partial charge in [0.15, 0.2) is 0 Å². The minimum atomic E-state index is -1.28. The van der Waals surface area contributed by atoms with E-state index in [0.29, 0.717) is 4.90 Å². The number of hydrogen-bond acceptors (Lipinski definition) is 5. The maximum atomic E-state index is 12.0. The third-order valence-corrected chi connectivity index (χ3v) is 3.14. The minimum Gasteiger partial charge on any atom is -0.480 e. The minimum absolute atomic E-state index is 0.0148. The van der Waals surface area contributed by atoms with E-state index in [1.165, 1.54) is 0 Å². The smallest absolute Gasteiger partial charge is 0.323 e. The van der Waals surface area contributed by atoms with E-state index < -0.39 is 42.3 Å². The molecular formula is C12H19N3O5. The second-order valence-corrected chi connectivity index (χ2v) is 5.08. The quantitative estimate of drug-likeness (QED) is 0.538. The number of rotatable bonds is 5. The summed E-state index contributed by atoms with van der Waals surface area (Å²) in [5.74, 6) is -3.10. The molecule has 0 radical (unpaired) electrons. The lowest BCUT2D eigenvalue weighted by molar-refractivity contribution is -0.156. The van der Waals surface area contributed by atoms with Crippen LogP contribution < -0.4 is 11.1 Å². The first-order chi connectivity index (χ1) is 9.23. The number of nitrogens with zero attached hydrogens (tertiary/aromatic N) is 1. The number of nitrogens with one attached hydrogen (secondary N) is 1. The number of aliphatic carboxylic acids is 1. The van der Waals surface area contributed by atoms with Crippen LogP contribution in [-0.4, -0.2) is 52.3 Å². The molecule has 1 aliphatic rings. The van der Waals surface area contributed by atoms with Gasteiger partial charge in [0.05, 0.1) is 6.04 Å². The fourth-order valence-corrected chi connectivity index (χ4v) is 1.84. The SMILES string of the molecule is CC(C)C(N)C(=O)N[C@H]1CCC(=O)N(CC(=O)O)C1=O. The van der Waals surface area contributed by atoms with Crippen molar-refractivity contribution in [2.45, 2.75) is 38.8 Å². The highest BCUT2D eigenvalue weighted by molar-refractivity contribution is 6.03. The van der Waals surface area contributed by atoms with Crippen molar-refractivity contribution in [3.63, 3.8) is 0 Å². The fourth-order valence-electron chi connectivity index (χ4n) is 1.84. The molecule has 0 aliphatic carbocycles. The van der Waals surface area contributed by atoms with Crippen molar-refractivity contribution in [3.05, 3.63) is 0 Å². The van der Waals surface area contributed by atoms with Crippen LogP contribution in [0.1, 0.15) is 26.7 Å². The van der Waals surface area contributed by atoms with E-state index in [0.717, 1.165) is 0 Å². The van der Waals surface area contributed by atoms with Gasteiger partial charge in [-0.2, -0.15) is 0 Å². The van der Waals surface area contributed by atoms with Crippen LogP contribution in [0.3, 0.4) is 0 Å². The van der Waals surface area contributed by atoms with E-state index in [-0.39, 0.29) is 18.8 Å². The van der Waals surface area contributed by atoms with Crippen molar-refractivity contribution in [3.8, 4) is 0 Å². The number of imide groups is 1. The summed E-state index contributed by atoms with van der Waals surface area (Å²) in [4.78, 5) is 46.6. The van der Waals surface area contributed by atoms with Gasteiger partial charge in [0.2, 0.25) is 11.8 Å². The third kappa shape index (κ3) is 3.77. The van der Waals surface area contributed by atoms with E-state index in [2.05, 4.69) is 5.32 Å². The molecule has 1 heterocycles. The number of hydrogen-bond donors (Lipinski definition) is 3. The summed E-state index contributed by atoms with van der Waals surface area (Å²) in [5, 5.41) is 11.2. The monoisotopic (exact) mass is 285 g/mol. The highest BCUT2D eigenvalue weighted by Gasteiger charge is 2.36. The molecule has 0 aromatic rings. The normalized spacial score (nSPS) is 21.0. The van der Waals surface area contributed by atoms with Crippen molar-refractivity contribution < 1.29 is 24.3 Å². The first-order valence-corrected chi connectivity index (χ1v) is 6.36.